The smallest absolute Gasteiger partial charge is 0.205 e. The highest BCUT2D eigenvalue weighted by Gasteiger charge is 2.59. The van der Waals surface area contributed by atoms with E-state index in [1.165, 1.54) is 63.4 Å². The van der Waals surface area contributed by atoms with E-state index in [2.05, 4.69) is 23.9 Å². The van der Waals surface area contributed by atoms with Gasteiger partial charge in [0.25, 0.3) is 0 Å². The summed E-state index contributed by atoms with van der Waals surface area (Å²) < 4.78 is 104. The van der Waals surface area contributed by atoms with Crippen LogP contribution in [0.5, 0.6) is 11.5 Å². The van der Waals surface area contributed by atoms with Crippen molar-refractivity contribution in [2.75, 3.05) is 0 Å². The second-order valence-corrected chi connectivity index (χ2v) is 22.8. The fraction of sp³-hybridized carbons (Fsp3) is 0.692. The first kappa shape index (κ1) is 33.3. The van der Waals surface area contributed by atoms with Crippen molar-refractivity contribution < 1.29 is 35.3 Å². The first-order chi connectivity index (χ1) is 24.6. The van der Waals surface area contributed by atoms with Crippen LogP contribution in [0.4, 0.5) is 17.6 Å². The summed E-state index contributed by atoms with van der Waals surface area (Å²) in [4.78, 5) is -2.15. The highest BCUT2D eigenvalue weighted by molar-refractivity contribution is 8.01. The van der Waals surface area contributed by atoms with Crippen LogP contribution in [-0.4, -0.2) is 44.5 Å². The molecule has 0 spiro atoms. The fourth-order valence-electron chi connectivity index (χ4n) is 13.4. The lowest BCUT2D eigenvalue weighted by Crippen LogP contribution is -2.31. The summed E-state index contributed by atoms with van der Waals surface area (Å²) >= 11 is 6.27. The van der Waals surface area contributed by atoms with Crippen LogP contribution in [0.2, 0.25) is 0 Å². The lowest BCUT2D eigenvalue weighted by molar-refractivity contribution is 0.286. The fourth-order valence-corrected chi connectivity index (χ4v) is 20.8. The second kappa shape index (κ2) is 11.7. The zero-order valence-corrected chi connectivity index (χ0v) is 31.3. The Morgan fingerprint density at radius 3 is 1.39 bits per heavy atom. The van der Waals surface area contributed by atoms with Gasteiger partial charge in [-0.3, -0.25) is 0 Å². The number of rotatable bonds is 6. The molecule has 3 aliphatic carbocycles. The Labute approximate surface area is 309 Å². The van der Waals surface area contributed by atoms with Gasteiger partial charge in [0.1, 0.15) is 20.8 Å². The van der Waals surface area contributed by atoms with Gasteiger partial charge < -0.3 is 9.29 Å². The van der Waals surface area contributed by atoms with E-state index in [1.807, 2.05) is 23.5 Å². The molecule has 6 aliphatic heterocycles. The van der Waals surface area contributed by atoms with E-state index >= 15 is 17.6 Å². The molecule has 0 N–H and O–H groups in total. The molecule has 2 aromatic rings. The maximum Gasteiger partial charge on any atom is 0.205 e. The molecule has 9 aliphatic rings. The molecule has 15 atom stereocenters. The lowest BCUT2D eigenvalue weighted by Gasteiger charge is -2.36. The van der Waals surface area contributed by atoms with E-state index in [9.17, 15) is 13.0 Å². The molecule has 6 saturated heterocycles. The molecular weight excluding hydrogens is 737 g/mol. The SMILES string of the molecule is O=S(=O)([O-])c1c(F)c(F)c(Oc2c(C3CC4SC3C3CCCC43)cc(C3CC4SC3C3CCCC43)cc2C2CC3SC2C2CCCC32)c(F)c1F. The van der Waals surface area contributed by atoms with E-state index in [0.717, 1.165) is 42.2 Å². The maximum absolute atomic E-state index is 15.8. The Balaban J connectivity index is 1.10. The molecule has 6 bridgehead atoms. The molecule has 0 aromatic heterocycles. The molecule has 2 aromatic carbocycles. The summed E-state index contributed by atoms with van der Waals surface area (Å²) in [7, 11) is -5.84. The third kappa shape index (κ3) is 4.73. The van der Waals surface area contributed by atoms with E-state index in [4.69, 9.17) is 4.74 Å². The van der Waals surface area contributed by atoms with Crippen LogP contribution >= 0.6 is 35.3 Å². The summed E-state index contributed by atoms with van der Waals surface area (Å²) in [6.07, 6.45) is 14.1. The highest BCUT2D eigenvalue weighted by atomic mass is 32.2. The van der Waals surface area contributed by atoms with Crippen molar-refractivity contribution in [1.29, 1.82) is 0 Å². The monoisotopic (exact) mass is 777 g/mol. The standard InChI is InChI=1S/C39H42F4O4S4/c40-30-32(42)39(51(44,45)46)33(43)31(41)35(30)47-34-23(25-13-28-17-5-2-8-20(17)37(25)49-28)10-15(22-12-27-16-4-1-7-19(16)36(22)48-27)11-24(34)26-14-29-18-6-3-9-21(18)38(26)50-29/h10-11,16-22,25-29,36-38H,1-9,12-14H2,(H,44,45,46)/p-1. The molecule has 0 radical (unpaired) electrons. The van der Waals surface area contributed by atoms with Gasteiger partial charge in [0.05, 0.1) is 0 Å². The molecule has 12 heteroatoms. The van der Waals surface area contributed by atoms with Gasteiger partial charge in [-0.15, -0.1) is 0 Å². The predicted octanol–water partition coefficient (Wildman–Crippen LogP) is 10.1. The van der Waals surface area contributed by atoms with Crippen LogP contribution in [-0.2, 0) is 10.1 Å². The average Bonchev–Trinajstić information content (AvgIpc) is 3.94. The van der Waals surface area contributed by atoms with Crippen molar-refractivity contribution in [3.05, 3.63) is 52.1 Å². The molecule has 0 amide bonds. The zero-order valence-electron chi connectivity index (χ0n) is 28.1. The van der Waals surface area contributed by atoms with Crippen LogP contribution in [0.15, 0.2) is 17.0 Å². The quantitative estimate of drug-likeness (QED) is 0.164. The first-order valence-corrected chi connectivity index (χ1v) is 23.4. The summed E-state index contributed by atoms with van der Waals surface area (Å²) in [5.41, 5.74) is 3.09. The zero-order chi connectivity index (χ0) is 34.7. The summed E-state index contributed by atoms with van der Waals surface area (Å²) in [5, 5.41) is 2.91. The molecule has 3 saturated carbocycles. The van der Waals surface area contributed by atoms with Crippen LogP contribution in [0.25, 0.3) is 0 Å². The number of benzene rings is 2. The van der Waals surface area contributed by atoms with Crippen LogP contribution in [0.3, 0.4) is 0 Å². The number of halogens is 4. The van der Waals surface area contributed by atoms with Crippen LogP contribution in [0.1, 0.15) is 111 Å². The molecule has 6 heterocycles. The Kier molecular flexibility index (Phi) is 7.64. The molecule has 4 nitrogen and oxygen atoms in total. The van der Waals surface area contributed by atoms with Crippen LogP contribution < -0.4 is 4.74 Å². The molecule has 15 unspecified atom stereocenters. The summed E-state index contributed by atoms with van der Waals surface area (Å²) in [6, 6.07) is 4.50. The van der Waals surface area contributed by atoms with E-state index in [-0.39, 0.29) is 11.8 Å². The van der Waals surface area contributed by atoms with Crippen molar-refractivity contribution >= 4 is 45.4 Å². The number of thioether (sulfide) groups is 3. The normalized spacial score (nSPS) is 44.1. The Morgan fingerprint density at radius 2 is 0.961 bits per heavy atom. The number of hydrogen-bond donors (Lipinski definition) is 0. The third-order valence-electron chi connectivity index (χ3n) is 15.3. The Bertz CT molecular complexity index is 1850. The van der Waals surface area contributed by atoms with Gasteiger partial charge in [-0.05, 0) is 116 Å². The Hall–Kier alpha value is -1.08. The van der Waals surface area contributed by atoms with E-state index in [0.29, 0.717) is 66.8 Å². The van der Waals surface area contributed by atoms with Gasteiger partial charge in [-0.2, -0.15) is 44.1 Å². The lowest BCUT2D eigenvalue weighted by atomic mass is 9.68. The van der Waals surface area contributed by atoms with Crippen molar-refractivity contribution in [3.63, 3.8) is 0 Å². The van der Waals surface area contributed by atoms with Gasteiger partial charge in [0.15, 0.2) is 11.6 Å². The van der Waals surface area contributed by atoms with Gasteiger partial charge in [-0.25, -0.2) is 17.2 Å². The van der Waals surface area contributed by atoms with E-state index in [1.54, 1.807) is 0 Å². The minimum atomic E-state index is -5.84. The van der Waals surface area contributed by atoms with Crippen molar-refractivity contribution in [2.45, 2.75) is 131 Å². The van der Waals surface area contributed by atoms with Crippen LogP contribution in [0, 0.1) is 58.8 Å². The van der Waals surface area contributed by atoms with Crippen molar-refractivity contribution in [2.24, 2.45) is 35.5 Å². The number of fused-ring (bicyclic) bond motifs is 15. The van der Waals surface area contributed by atoms with Gasteiger partial charge in [-0.1, -0.05) is 31.4 Å². The third-order valence-corrected chi connectivity index (χ3v) is 21.8. The first-order valence-electron chi connectivity index (χ1n) is 19.2. The number of ether oxygens (including phenoxy) is 1. The topological polar surface area (TPSA) is 66.4 Å². The number of hydrogen-bond acceptors (Lipinski definition) is 7. The second-order valence-electron chi connectivity index (χ2n) is 17.2. The molecule has 11 rings (SSSR count). The molecule has 274 valence electrons. The van der Waals surface area contributed by atoms with Crippen molar-refractivity contribution in [3.8, 4) is 11.5 Å². The average molecular weight is 778 g/mol. The largest absolute Gasteiger partial charge is 0.744 e. The molecular formula is C39H41F4O4S4-. The van der Waals surface area contributed by atoms with Gasteiger partial charge in [0.2, 0.25) is 17.4 Å². The minimum Gasteiger partial charge on any atom is -0.744 e. The van der Waals surface area contributed by atoms with Gasteiger partial charge >= 0.3 is 0 Å². The minimum absolute atomic E-state index is 0.0751. The van der Waals surface area contributed by atoms with Gasteiger partial charge in [0, 0.05) is 43.3 Å². The Morgan fingerprint density at radius 1 is 0.569 bits per heavy atom. The van der Waals surface area contributed by atoms with E-state index < -0.39 is 44.0 Å². The molecule has 9 fully saturated rings. The highest BCUT2D eigenvalue weighted by Crippen LogP contribution is 2.69. The summed E-state index contributed by atoms with van der Waals surface area (Å²) in [6.45, 7) is 0. The predicted molar refractivity (Wildman–Crippen MR) is 191 cm³/mol. The summed E-state index contributed by atoms with van der Waals surface area (Å²) in [5.74, 6) is -4.89. The molecule has 51 heavy (non-hydrogen) atoms. The maximum atomic E-state index is 15.8. The van der Waals surface area contributed by atoms with Crippen molar-refractivity contribution in [1.82, 2.24) is 0 Å².